The van der Waals surface area contributed by atoms with Gasteiger partial charge in [0.1, 0.15) is 12.1 Å². The third kappa shape index (κ3) is 5.30. The lowest BCUT2D eigenvalue weighted by Gasteiger charge is -2.19. The fraction of sp³-hybridized carbons (Fsp3) is 0.700. The minimum atomic E-state index is -1.10. The number of carboxylic acid groups (broad SMARTS) is 1. The Kier molecular flexibility index (Phi) is 6.88. The monoisotopic (exact) mass is 245 g/mol. The van der Waals surface area contributed by atoms with Gasteiger partial charge in [-0.3, -0.25) is 9.59 Å². The van der Waals surface area contributed by atoms with Crippen LogP contribution in [-0.2, 0) is 14.4 Å². The van der Waals surface area contributed by atoms with Crippen LogP contribution in [0.3, 0.4) is 0 Å². The fourth-order valence-electron chi connectivity index (χ4n) is 1.22. The highest BCUT2D eigenvalue weighted by Gasteiger charge is 2.23. The van der Waals surface area contributed by atoms with Crippen molar-refractivity contribution in [3.63, 3.8) is 0 Å². The van der Waals surface area contributed by atoms with Gasteiger partial charge in [-0.2, -0.15) is 0 Å². The van der Waals surface area contributed by atoms with Crippen molar-refractivity contribution in [3.8, 4) is 0 Å². The quantitative estimate of drug-likeness (QED) is 0.450. The third-order valence-electron chi connectivity index (χ3n) is 2.27. The number of rotatable bonds is 7. The molecule has 98 valence electrons. The van der Waals surface area contributed by atoms with E-state index in [2.05, 4.69) is 10.6 Å². The van der Waals surface area contributed by atoms with E-state index in [-0.39, 0.29) is 13.0 Å². The molecule has 0 spiro atoms. The lowest BCUT2D eigenvalue weighted by molar-refractivity contribution is -0.142. The van der Waals surface area contributed by atoms with E-state index in [9.17, 15) is 14.4 Å². The highest BCUT2D eigenvalue weighted by atomic mass is 16.4. The summed E-state index contributed by atoms with van der Waals surface area (Å²) in [5.74, 6) is -2.06. The summed E-state index contributed by atoms with van der Waals surface area (Å²) in [6.07, 6.45) is 0.649. The van der Waals surface area contributed by atoms with E-state index >= 15 is 0 Å². The first-order valence-electron chi connectivity index (χ1n) is 5.48. The van der Waals surface area contributed by atoms with Crippen LogP contribution in [0.1, 0.15) is 26.7 Å². The minimum Gasteiger partial charge on any atom is -0.480 e. The Bertz CT molecular complexity index is 293. The van der Waals surface area contributed by atoms with Crippen molar-refractivity contribution >= 4 is 17.8 Å². The maximum Gasteiger partial charge on any atom is 0.326 e. The molecule has 5 N–H and O–H groups in total. The van der Waals surface area contributed by atoms with Gasteiger partial charge >= 0.3 is 5.97 Å². The molecule has 17 heavy (non-hydrogen) atoms. The molecule has 0 bridgehead atoms. The molecule has 0 aliphatic heterocycles. The molecule has 0 saturated carbocycles. The molecule has 0 fully saturated rings. The maximum absolute atomic E-state index is 11.7. The number of carbonyl (C=O) groups excluding carboxylic acids is 2. The van der Waals surface area contributed by atoms with Crippen molar-refractivity contribution in [2.75, 3.05) is 6.54 Å². The smallest absolute Gasteiger partial charge is 0.326 e. The summed E-state index contributed by atoms with van der Waals surface area (Å²) in [5.41, 5.74) is 5.11. The molecule has 0 aliphatic carbocycles. The molecular formula is C10H19N3O4. The molecule has 0 unspecified atom stereocenters. The molecule has 0 saturated heterocycles. The molecule has 0 heterocycles. The average molecular weight is 245 g/mol. The van der Waals surface area contributed by atoms with Crippen molar-refractivity contribution in [1.82, 2.24) is 10.6 Å². The minimum absolute atomic E-state index is 0.208. The Morgan fingerprint density at radius 2 is 1.65 bits per heavy atom. The van der Waals surface area contributed by atoms with Gasteiger partial charge in [-0.25, -0.2) is 4.79 Å². The average Bonchev–Trinajstić information content (AvgIpc) is 2.31. The Labute approximate surface area is 99.7 Å². The predicted octanol–water partition coefficient (Wildman–Crippen LogP) is -1.18. The molecule has 2 amide bonds. The first-order valence-corrected chi connectivity index (χ1v) is 5.48. The highest BCUT2D eigenvalue weighted by Crippen LogP contribution is 1.96. The van der Waals surface area contributed by atoms with E-state index in [1.165, 1.54) is 0 Å². The van der Waals surface area contributed by atoms with Gasteiger partial charge in [-0.15, -0.1) is 0 Å². The van der Waals surface area contributed by atoms with Crippen molar-refractivity contribution in [2.24, 2.45) is 5.73 Å². The van der Waals surface area contributed by atoms with Gasteiger partial charge in [0.15, 0.2) is 0 Å². The van der Waals surface area contributed by atoms with E-state index in [1.807, 2.05) is 0 Å². The van der Waals surface area contributed by atoms with Gasteiger partial charge in [-0.05, 0) is 12.8 Å². The molecule has 0 aromatic carbocycles. The molecule has 7 heteroatoms. The maximum atomic E-state index is 11.7. The first-order chi connectivity index (χ1) is 7.96. The van der Waals surface area contributed by atoms with Crippen molar-refractivity contribution in [2.45, 2.75) is 38.8 Å². The largest absolute Gasteiger partial charge is 0.480 e. The van der Waals surface area contributed by atoms with Gasteiger partial charge in [-0.1, -0.05) is 13.8 Å². The molecular weight excluding hydrogens is 226 g/mol. The molecule has 2 atom stereocenters. The summed E-state index contributed by atoms with van der Waals surface area (Å²) in [4.78, 5) is 33.4. The second kappa shape index (κ2) is 7.61. The van der Waals surface area contributed by atoms with Crippen LogP contribution in [-0.4, -0.2) is 41.5 Å². The third-order valence-corrected chi connectivity index (χ3v) is 2.27. The SMILES string of the molecule is CC[C@H](NC(=O)[C@H](CC)NC(=O)CN)C(=O)O. The summed E-state index contributed by atoms with van der Waals surface area (Å²) in [6.45, 7) is 3.15. The molecule has 0 aromatic heterocycles. The van der Waals surface area contributed by atoms with Gasteiger partial charge in [0.05, 0.1) is 6.54 Å². The van der Waals surface area contributed by atoms with Crippen molar-refractivity contribution in [1.29, 1.82) is 0 Å². The fourth-order valence-corrected chi connectivity index (χ4v) is 1.22. The standard InChI is InChI=1S/C10H19N3O4/c1-3-6(12-8(14)5-11)9(15)13-7(4-2)10(16)17/h6-7H,3-5,11H2,1-2H3,(H,12,14)(H,13,15)(H,16,17)/t6-,7-/m0/s1. The topological polar surface area (TPSA) is 122 Å². The van der Waals surface area contributed by atoms with Crippen LogP contribution in [0.15, 0.2) is 0 Å². The Morgan fingerprint density at radius 3 is 2.00 bits per heavy atom. The van der Waals surface area contributed by atoms with Gasteiger partial charge in [0.2, 0.25) is 11.8 Å². The second-order valence-corrected chi connectivity index (χ2v) is 3.54. The molecule has 7 nitrogen and oxygen atoms in total. The van der Waals surface area contributed by atoms with E-state index in [1.54, 1.807) is 13.8 Å². The number of hydrogen-bond acceptors (Lipinski definition) is 4. The lowest BCUT2D eigenvalue weighted by Crippen LogP contribution is -2.52. The zero-order valence-electron chi connectivity index (χ0n) is 10.0. The van der Waals surface area contributed by atoms with E-state index in [4.69, 9.17) is 10.8 Å². The van der Waals surface area contributed by atoms with Crippen molar-refractivity contribution < 1.29 is 19.5 Å². The van der Waals surface area contributed by atoms with Gasteiger partial charge in [0.25, 0.3) is 0 Å². The Hall–Kier alpha value is -1.63. The van der Waals surface area contributed by atoms with Crippen LogP contribution < -0.4 is 16.4 Å². The number of carboxylic acids is 1. The van der Waals surface area contributed by atoms with Crippen LogP contribution in [0.2, 0.25) is 0 Å². The van der Waals surface area contributed by atoms with Gasteiger partial charge < -0.3 is 21.5 Å². The van der Waals surface area contributed by atoms with Crippen molar-refractivity contribution in [3.05, 3.63) is 0 Å². The van der Waals surface area contributed by atoms with Crippen LogP contribution >= 0.6 is 0 Å². The predicted molar refractivity (Wildman–Crippen MR) is 61.1 cm³/mol. The molecule has 0 aliphatic rings. The van der Waals surface area contributed by atoms with Crippen LogP contribution in [0.5, 0.6) is 0 Å². The zero-order chi connectivity index (χ0) is 13.4. The zero-order valence-corrected chi connectivity index (χ0v) is 10.0. The number of aliphatic carboxylic acids is 1. The van der Waals surface area contributed by atoms with Crippen LogP contribution in [0.4, 0.5) is 0 Å². The highest BCUT2D eigenvalue weighted by molar-refractivity contribution is 5.90. The van der Waals surface area contributed by atoms with Crippen LogP contribution in [0.25, 0.3) is 0 Å². The number of carbonyl (C=O) groups is 3. The van der Waals surface area contributed by atoms with Crippen LogP contribution in [0, 0.1) is 0 Å². The summed E-state index contributed by atoms with van der Waals surface area (Å²) >= 11 is 0. The summed E-state index contributed by atoms with van der Waals surface area (Å²) < 4.78 is 0. The summed E-state index contributed by atoms with van der Waals surface area (Å²) in [7, 11) is 0. The van der Waals surface area contributed by atoms with E-state index < -0.39 is 29.9 Å². The summed E-state index contributed by atoms with van der Waals surface area (Å²) in [5, 5.41) is 13.6. The molecule has 0 radical (unpaired) electrons. The summed E-state index contributed by atoms with van der Waals surface area (Å²) in [6, 6.07) is -1.69. The molecule has 0 aromatic rings. The van der Waals surface area contributed by atoms with E-state index in [0.717, 1.165) is 0 Å². The lowest BCUT2D eigenvalue weighted by atomic mass is 10.1. The molecule has 0 rings (SSSR count). The second-order valence-electron chi connectivity index (χ2n) is 3.54. The number of nitrogens with two attached hydrogens (primary N) is 1. The Morgan fingerprint density at radius 1 is 1.12 bits per heavy atom. The van der Waals surface area contributed by atoms with Gasteiger partial charge in [0, 0.05) is 0 Å². The first kappa shape index (κ1) is 15.4. The number of nitrogens with one attached hydrogen (secondary N) is 2. The Balaban J connectivity index is 4.43. The number of hydrogen-bond donors (Lipinski definition) is 4. The van der Waals surface area contributed by atoms with E-state index in [0.29, 0.717) is 6.42 Å². The normalized spacial score (nSPS) is 13.6. The number of amides is 2.